The lowest BCUT2D eigenvalue weighted by atomic mass is 10.0. The molecule has 0 saturated carbocycles. The quantitative estimate of drug-likeness (QED) is 0.890. The number of hydrogen-bond donors (Lipinski definition) is 2. The number of benzene rings is 1. The van der Waals surface area contributed by atoms with Gasteiger partial charge in [-0.15, -0.1) is 13.2 Å². The summed E-state index contributed by atoms with van der Waals surface area (Å²) in [4.78, 5) is 14.4. The minimum Gasteiger partial charge on any atom is -0.404 e. The molecule has 0 atom stereocenters. The van der Waals surface area contributed by atoms with Crippen molar-refractivity contribution in [2.75, 3.05) is 32.5 Å². The maximum absolute atomic E-state index is 12.4. The molecule has 1 aliphatic heterocycles. The zero-order valence-corrected chi connectivity index (χ0v) is 13.0. The third-order valence-electron chi connectivity index (χ3n) is 3.79. The van der Waals surface area contributed by atoms with E-state index in [1.165, 1.54) is 19.2 Å². The molecule has 8 heteroatoms. The third-order valence-corrected chi connectivity index (χ3v) is 3.79. The fourth-order valence-corrected chi connectivity index (χ4v) is 2.50. The molecule has 0 radical (unpaired) electrons. The molecule has 1 aromatic rings. The van der Waals surface area contributed by atoms with E-state index in [9.17, 15) is 18.0 Å². The molecule has 128 valence electrons. The Hall–Kier alpha value is -1.96. The largest absolute Gasteiger partial charge is 0.573 e. The van der Waals surface area contributed by atoms with Gasteiger partial charge in [0.05, 0.1) is 5.69 Å². The monoisotopic (exact) mass is 331 g/mol. The van der Waals surface area contributed by atoms with Crippen molar-refractivity contribution in [1.82, 2.24) is 10.2 Å². The number of halogens is 3. The predicted octanol–water partition coefficient (Wildman–Crippen LogP) is 2.45. The van der Waals surface area contributed by atoms with E-state index in [2.05, 4.69) is 20.3 Å². The van der Waals surface area contributed by atoms with Crippen LogP contribution in [0.5, 0.6) is 5.75 Å². The number of rotatable bonds is 4. The summed E-state index contributed by atoms with van der Waals surface area (Å²) in [7, 11) is 3.49. The number of hydrogen-bond acceptors (Lipinski definition) is 4. The topological polar surface area (TPSA) is 53.6 Å². The Morgan fingerprint density at radius 3 is 2.52 bits per heavy atom. The van der Waals surface area contributed by atoms with Crippen molar-refractivity contribution in [2.45, 2.75) is 25.2 Å². The summed E-state index contributed by atoms with van der Waals surface area (Å²) >= 11 is 0. The first-order chi connectivity index (χ1) is 10.8. The van der Waals surface area contributed by atoms with Crippen LogP contribution in [0.2, 0.25) is 0 Å². The van der Waals surface area contributed by atoms with E-state index in [-0.39, 0.29) is 17.3 Å². The van der Waals surface area contributed by atoms with E-state index < -0.39 is 18.0 Å². The first-order valence-corrected chi connectivity index (χ1v) is 7.35. The molecule has 0 spiro atoms. The van der Waals surface area contributed by atoms with Gasteiger partial charge in [0, 0.05) is 18.7 Å². The molecule has 1 aliphatic rings. The van der Waals surface area contributed by atoms with Gasteiger partial charge in [-0.2, -0.15) is 0 Å². The first-order valence-electron chi connectivity index (χ1n) is 7.35. The van der Waals surface area contributed by atoms with Crippen LogP contribution in [0, 0.1) is 0 Å². The second kappa shape index (κ2) is 7.08. The van der Waals surface area contributed by atoms with Crippen molar-refractivity contribution in [2.24, 2.45) is 0 Å². The van der Waals surface area contributed by atoms with Gasteiger partial charge < -0.3 is 20.3 Å². The summed E-state index contributed by atoms with van der Waals surface area (Å²) in [5.74, 6) is -0.815. The smallest absolute Gasteiger partial charge is 0.404 e. The molecule has 1 fully saturated rings. The van der Waals surface area contributed by atoms with Gasteiger partial charge in [0.25, 0.3) is 5.91 Å². The molecule has 0 unspecified atom stereocenters. The molecule has 2 N–H and O–H groups in total. The van der Waals surface area contributed by atoms with Crippen LogP contribution >= 0.6 is 0 Å². The molecule has 5 nitrogen and oxygen atoms in total. The molecule has 0 aliphatic carbocycles. The molecular weight excluding hydrogens is 311 g/mol. The van der Waals surface area contributed by atoms with E-state index in [1.807, 2.05) is 7.05 Å². The fourth-order valence-electron chi connectivity index (χ4n) is 2.50. The summed E-state index contributed by atoms with van der Waals surface area (Å²) in [6.07, 6.45) is -3.17. The maximum Gasteiger partial charge on any atom is 0.573 e. The first kappa shape index (κ1) is 17.4. The minimum absolute atomic E-state index is 0.0367. The fraction of sp³-hybridized carbons (Fsp3) is 0.533. The number of carbonyl (C=O) groups is 1. The van der Waals surface area contributed by atoms with E-state index in [4.69, 9.17) is 0 Å². The third kappa shape index (κ3) is 5.02. The number of nitrogens with zero attached hydrogens (tertiary/aromatic N) is 1. The van der Waals surface area contributed by atoms with Crippen LogP contribution in [0.15, 0.2) is 18.2 Å². The predicted molar refractivity (Wildman–Crippen MR) is 80.7 cm³/mol. The van der Waals surface area contributed by atoms with Gasteiger partial charge in [-0.05, 0) is 51.2 Å². The molecule has 1 amide bonds. The Kier molecular flexibility index (Phi) is 5.35. The van der Waals surface area contributed by atoms with Gasteiger partial charge in [0.15, 0.2) is 5.75 Å². The molecule has 1 saturated heterocycles. The van der Waals surface area contributed by atoms with Crippen molar-refractivity contribution in [3.63, 3.8) is 0 Å². The Morgan fingerprint density at radius 1 is 1.30 bits per heavy atom. The van der Waals surface area contributed by atoms with Crippen LogP contribution < -0.4 is 15.4 Å². The average Bonchev–Trinajstić information content (AvgIpc) is 2.48. The van der Waals surface area contributed by atoms with Crippen molar-refractivity contribution < 1.29 is 22.7 Å². The van der Waals surface area contributed by atoms with E-state index in [0.29, 0.717) is 0 Å². The molecule has 23 heavy (non-hydrogen) atoms. The van der Waals surface area contributed by atoms with E-state index >= 15 is 0 Å². The lowest BCUT2D eigenvalue weighted by molar-refractivity contribution is -0.274. The highest BCUT2D eigenvalue weighted by Gasteiger charge is 2.32. The molecule has 1 aromatic carbocycles. The van der Waals surface area contributed by atoms with Gasteiger partial charge in [-0.1, -0.05) is 0 Å². The number of ether oxygens (including phenoxy) is 1. The number of nitrogens with one attached hydrogen (secondary N) is 2. The molecular formula is C15H20F3N3O2. The maximum atomic E-state index is 12.4. The van der Waals surface area contributed by atoms with Crippen LogP contribution in [0.3, 0.4) is 0 Å². The second-order valence-corrected chi connectivity index (χ2v) is 5.56. The zero-order chi connectivity index (χ0) is 17.0. The van der Waals surface area contributed by atoms with Crippen LogP contribution in [-0.2, 0) is 0 Å². The van der Waals surface area contributed by atoms with Crippen molar-refractivity contribution in [3.05, 3.63) is 23.8 Å². The Labute approximate surface area is 132 Å². The van der Waals surface area contributed by atoms with Crippen LogP contribution in [0.1, 0.15) is 23.2 Å². The van der Waals surface area contributed by atoms with Crippen molar-refractivity contribution >= 4 is 11.6 Å². The number of anilines is 1. The lowest BCUT2D eigenvalue weighted by Gasteiger charge is -2.29. The Bertz CT molecular complexity index is 555. The molecule has 2 rings (SSSR count). The highest BCUT2D eigenvalue weighted by molar-refractivity contribution is 5.95. The van der Waals surface area contributed by atoms with Gasteiger partial charge in [-0.3, -0.25) is 4.79 Å². The van der Waals surface area contributed by atoms with Gasteiger partial charge in [0.2, 0.25) is 0 Å². The zero-order valence-electron chi connectivity index (χ0n) is 13.0. The molecule has 1 heterocycles. The van der Waals surface area contributed by atoms with Gasteiger partial charge in [-0.25, -0.2) is 0 Å². The molecule has 0 aromatic heterocycles. The number of alkyl halides is 3. The summed E-state index contributed by atoms with van der Waals surface area (Å²) in [6, 6.07) is 4.00. The number of likely N-dealkylation sites (tertiary alicyclic amines) is 1. The Morgan fingerprint density at radius 2 is 1.96 bits per heavy atom. The van der Waals surface area contributed by atoms with Gasteiger partial charge in [0.1, 0.15) is 0 Å². The van der Waals surface area contributed by atoms with Gasteiger partial charge >= 0.3 is 6.36 Å². The SMILES string of the molecule is CNc1ccc(C(=O)NC2CCN(C)CC2)cc1OC(F)(F)F. The normalized spacial score (nSPS) is 16.9. The van der Waals surface area contributed by atoms with Crippen molar-refractivity contribution in [3.8, 4) is 5.75 Å². The number of carbonyl (C=O) groups excluding carboxylic acids is 1. The van der Waals surface area contributed by atoms with Crippen LogP contribution in [-0.4, -0.2) is 50.4 Å². The lowest BCUT2D eigenvalue weighted by Crippen LogP contribution is -2.43. The van der Waals surface area contributed by atoms with Crippen LogP contribution in [0.25, 0.3) is 0 Å². The van der Waals surface area contributed by atoms with E-state index in [1.54, 1.807) is 0 Å². The highest BCUT2D eigenvalue weighted by atomic mass is 19.4. The summed E-state index contributed by atoms with van der Waals surface area (Å²) < 4.78 is 41.3. The second-order valence-electron chi connectivity index (χ2n) is 5.56. The summed E-state index contributed by atoms with van der Waals surface area (Å²) in [5, 5.41) is 5.47. The number of piperidine rings is 1. The number of amides is 1. The summed E-state index contributed by atoms with van der Waals surface area (Å²) in [6.45, 7) is 1.76. The van der Waals surface area contributed by atoms with Crippen LogP contribution in [0.4, 0.5) is 18.9 Å². The average molecular weight is 331 g/mol. The summed E-state index contributed by atoms with van der Waals surface area (Å²) in [5.41, 5.74) is 0.306. The highest BCUT2D eigenvalue weighted by Crippen LogP contribution is 2.31. The molecule has 0 bridgehead atoms. The minimum atomic E-state index is -4.81. The van der Waals surface area contributed by atoms with E-state index in [0.717, 1.165) is 32.0 Å². The Balaban J connectivity index is 2.09. The van der Waals surface area contributed by atoms with Crippen molar-refractivity contribution in [1.29, 1.82) is 0 Å². The standard InChI is InChI=1S/C15H20F3N3O2/c1-19-12-4-3-10(9-13(12)23-15(16,17)18)14(22)20-11-5-7-21(2)8-6-11/h3-4,9,11,19H,5-8H2,1-2H3,(H,20,22).